The van der Waals surface area contributed by atoms with Crippen LogP contribution in [0.25, 0.3) is 0 Å². The molecule has 1 fully saturated rings. The minimum absolute atomic E-state index is 0.110. The Bertz CT molecular complexity index is 439. The van der Waals surface area contributed by atoms with Crippen molar-refractivity contribution in [3.05, 3.63) is 12.7 Å². The molecule has 118 valence electrons. The van der Waals surface area contributed by atoms with Crippen molar-refractivity contribution in [2.45, 2.75) is 58.0 Å². The van der Waals surface area contributed by atoms with Crippen LogP contribution in [0.15, 0.2) is 12.7 Å². The number of hydrogen-bond acceptors (Lipinski definition) is 3. The lowest BCUT2D eigenvalue weighted by Crippen LogP contribution is -2.67. The van der Waals surface area contributed by atoms with Crippen LogP contribution in [0.5, 0.6) is 0 Å². The van der Waals surface area contributed by atoms with Gasteiger partial charge in [-0.2, -0.15) is 0 Å². The summed E-state index contributed by atoms with van der Waals surface area (Å²) in [7, 11) is 0. The summed E-state index contributed by atoms with van der Waals surface area (Å²) in [4.78, 5) is 35.9. The third-order valence-electron chi connectivity index (χ3n) is 3.86. The van der Waals surface area contributed by atoms with E-state index >= 15 is 0 Å². The topological polar surface area (TPSA) is 75.3 Å². The Hall–Kier alpha value is -1.65. The van der Waals surface area contributed by atoms with Gasteiger partial charge >= 0.3 is 0 Å². The van der Waals surface area contributed by atoms with Crippen LogP contribution in [0.2, 0.25) is 0 Å². The maximum atomic E-state index is 12.8. The molecule has 0 aromatic rings. The second-order valence-corrected chi connectivity index (χ2v) is 6.88. The van der Waals surface area contributed by atoms with Gasteiger partial charge in [0.2, 0.25) is 11.8 Å². The second kappa shape index (κ2) is 6.41. The van der Waals surface area contributed by atoms with Gasteiger partial charge in [-0.25, -0.2) is 0 Å². The molecule has 0 bridgehead atoms. The Morgan fingerprint density at radius 2 is 1.90 bits per heavy atom. The van der Waals surface area contributed by atoms with Crippen LogP contribution in [-0.4, -0.2) is 29.2 Å². The Morgan fingerprint density at radius 3 is 2.33 bits per heavy atom. The molecular formula is C16H26N2O3. The summed E-state index contributed by atoms with van der Waals surface area (Å²) >= 11 is 0. The first-order valence-corrected chi connectivity index (χ1v) is 7.34. The normalized spacial score (nSPS) is 29.3. The summed E-state index contributed by atoms with van der Waals surface area (Å²) in [6.07, 6.45) is 4.36. The van der Waals surface area contributed by atoms with Crippen molar-refractivity contribution in [2.75, 3.05) is 0 Å². The average Bonchev–Trinajstić information content (AvgIpc) is 2.35. The third kappa shape index (κ3) is 4.16. The molecule has 3 unspecified atom stereocenters. The Labute approximate surface area is 126 Å². The van der Waals surface area contributed by atoms with Crippen LogP contribution < -0.4 is 10.6 Å². The van der Waals surface area contributed by atoms with E-state index in [2.05, 4.69) is 17.2 Å². The molecule has 5 heteroatoms. The molecule has 0 aliphatic heterocycles. The van der Waals surface area contributed by atoms with Gasteiger partial charge < -0.3 is 15.4 Å². The predicted octanol–water partition coefficient (Wildman–Crippen LogP) is 1.58. The summed E-state index contributed by atoms with van der Waals surface area (Å²) in [6, 6.07) is 0. The fourth-order valence-corrected chi connectivity index (χ4v) is 2.92. The van der Waals surface area contributed by atoms with E-state index in [-0.39, 0.29) is 17.7 Å². The van der Waals surface area contributed by atoms with E-state index in [9.17, 15) is 14.4 Å². The van der Waals surface area contributed by atoms with Crippen molar-refractivity contribution in [1.82, 2.24) is 10.6 Å². The molecule has 1 aliphatic rings. The van der Waals surface area contributed by atoms with Gasteiger partial charge in [-0.1, -0.05) is 6.08 Å². The number of rotatable bonds is 4. The van der Waals surface area contributed by atoms with Crippen molar-refractivity contribution >= 4 is 18.1 Å². The molecule has 0 aromatic carbocycles. The van der Waals surface area contributed by atoms with E-state index in [1.807, 2.05) is 20.8 Å². The van der Waals surface area contributed by atoms with Crippen molar-refractivity contribution in [3.8, 4) is 0 Å². The molecule has 0 heterocycles. The number of nitrogens with one attached hydrogen (secondary N) is 2. The van der Waals surface area contributed by atoms with E-state index in [1.54, 1.807) is 6.08 Å². The first-order valence-electron chi connectivity index (χ1n) is 7.34. The van der Waals surface area contributed by atoms with Gasteiger partial charge in [-0.05, 0) is 46.0 Å². The summed E-state index contributed by atoms with van der Waals surface area (Å²) in [6.45, 7) is 10.8. The molecule has 2 amide bonds. The summed E-state index contributed by atoms with van der Waals surface area (Å²) in [5, 5.41) is 5.65. The Kier molecular flexibility index (Phi) is 5.31. The fraction of sp³-hybridized carbons (Fsp3) is 0.688. The van der Waals surface area contributed by atoms with Crippen molar-refractivity contribution < 1.29 is 14.4 Å². The van der Waals surface area contributed by atoms with Crippen molar-refractivity contribution in [3.63, 3.8) is 0 Å². The Balaban J connectivity index is 3.20. The lowest BCUT2D eigenvalue weighted by molar-refractivity contribution is -0.141. The number of allylic oxidation sites excluding steroid dienone is 1. The zero-order valence-electron chi connectivity index (χ0n) is 13.4. The summed E-state index contributed by atoms with van der Waals surface area (Å²) in [5.41, 5.74) is -1.62. The van der Waals surface area contributed by atoms with Gasteiger partial charge in [0, 0.05) is 18.4 Å². The van der Waals surface area contributed by atoms with Gasteiger partial charge in [0.05, 0.1) is 0 Å². The van der Waals surface area contributed by atoms with Gasteiger partial charge in [0.1, 0.15) is 11.8 Å². The highest BCUT2D eigenvalue weighted by Gasteiger charge is 2.50. The number of aldehydes is 1. The lowest BCUT2D eigenvalue weighted by atomic mass is 9.68. The smallest absolute Gasteiger partial charge is 0.246 e. The van der Waals surface area contributed by atoms with Crippen LogP contribution in [0, 0.1) is 11.8 Å². The van der Waals surface area contributed by atoms with E-state index in [1.165, 1.54) is 6.92 Å². The number of amides is 2. The van der Waals surface area contributed by atoms with Crippen LogP contribution in [0.4, 0.5) is 0 Å². The highest BCUT2D eigenvalue weighted by molar-refractivity contribution is 5.94. The van der Waals surface area contributed by atoms with Gasteiger partial charge in [-0.15, -0.1) is 6.58 Å². The zero-order chi connectivity index (χ0) is 16.3. The number of hydrogen-bond donors (Lipinski definition) is 2. The van der Waals surface area contributed by atoms with Crippen LogP contribution in [0.1, 0.15) is 47.0 Å². The first kappa shape index (κ1) is 17.4. The van der Waals surface area contributed by atoms with E-state index in [4.69, 9.17) is 0 Å². The first-order chi connectivity index (χ1) is 9.64. The molecule has 0 aromatic heterocycles. The molecule has 0 saturated heterocycles. The molecule has 1 rings (SSSR count). The minimum Gasteiger partial charge on any atom is -0.349 e. The van der Waals surface area contributed by atoms with E-state index < -0.39 is 17.0 Å². The van der Waals surface area contributed by atoms with E-state index in [0.717, 1.165) is 12.7 Å². The van der Waals surface area contributed by atoms with Gasteiger partial charge in [0.15, 0.2) is 0 Å². The quantitative estimate of drug-likeness (QED) is 0.610. The van der Waals surface area contributed by atoms with Gasteiger partial charge in [-0.3, -0.25) is 9.59 Å². The van der Waals surface area contributed by atoms with Crippen LogP contribution >= 0.6 is 0 Å². The highest BCUT2D eigenvalue weighted by Crippen LogP contribution is 2.37. The molecule has 1 saturated carbocycles. The van der Waals surface area contributed by atoms with E-state index in [0.29, 0.717) is 12.8 Å². The minimum atomic E-state index is -1.18. The number of carbonyl (C=O) groups excluding carboxylic acids is 3. The second-order valence-electron chi connectivity index (χ2n) is 6.88. The SMILES string of the molecule is C=CC1CCC(C=O)C(NC(C)=O)(C(=O)NC(C)(C)C)C1. The van der Waals surface area contributed by atoms with Crippen molar-refractivity contribution in [1.29, 1.82) is 0 Å². The molecule has 3 atom stereocenters. The molecule has 5 nitrogen and oxygen atoms in total. The molecule has 2 N–H and O–H groups in total. The molecule has 0 spiro atoms. The summed E-state index contributed by atoms with van der Waals surface area (Å²) in [5.74, 6) is -1.01. The Morgan fingerprint density at radius 1 is 1.29 bits per heavy atom. The largest absolute Gasteiger partial charge is 0.349 e. The lowest BCUT2D eigenvalue weighted by Gasteiger charge is -2.44. The van der Waals surface area contributed by atoms with Crippen LogP contribution in [-0.2, 0) is 14.4 Å². The maximum absolute atomic E-state index is 12.8. The predicted molar refractivity (Wildman–Crippen MR) is 81.5 cm³/mol. The summed E-state index contributed by atoms with van der Waals surface area (Å²) < 4.78 is 0. The average molecular weight is 294 g/mol. The fourth-order valence-electron chi connectivity index (χ4n) is 2.92. The number of carbonyl (C=O) groups is 3. The van der Waals surface area contributed by atoms with Crippen molar-refractivity contribution in [2.24, 2.45) is 11.8 Å². The molecule has 0 radical (unpaired) electrons. The zero-order valence-corrected chi connectivity index (χ0v) is 13.4. The monoisotopic (exact) mass is 294 g/mol. The highest BCUT2D eigenvalue weighted by atomic mass is 16.2. The van der Waals surface area contributed by atoms with Gasteiger partial charge in [0.25, 0.3) is 0 Å². The standard InChI is InChI=1S/C16H26N2O3/c1-6-12-7-8-13(10-19)16(9-12,17-11(2)20)14(21)18-15(3,4)5/h6,10,12-13H,1,7-9H2,2-5H3,(H,17,20)(H,18,21). The third-order valence-corrected chi connectivity index (χ3v) is 3.86. The molecular weight excluding hydrogens is 268 g/mol. The molecule has 21 heavy (non-hydrogen) atoms. The maximum Gasteiger partial charge on any atom is 0.246 e. The molecule has 1 aliphatic carbocycles. The van der Waals surface area contributed by atoms with Crippen LogP contribution in [0.3, 0.4) is 0 Å².